The molecule has 4 nitrogen and oxygen atoms in total. The van der Waals surface area contributed by atoms with Crippen LogP contribution in [0.5, 0.6) is 0 Å². The van der Waals surface area contributed by atoms with Gasteiger partial charge in [0, 0.05) is 5.38 Å². The van der Waals surface area contributed by atoms with Crippen LogP contribution in [0.3, 0.4) is 0 Å². The first kappa shape index (κ1) is 13.7. The molecular formula is C12H15IN4S. The van der Waals surface area contributed by atoms with Crippen LogP contribution in [0.2, 0.25) is 0 Å². The Kier molecular flexibility index (Phi) is 4.16. The van der Waals surface area contributed by atoms with Crippen molar-refractivity contribution < 1.29 is 0 Å². The van der Waals surface area contributed by atoms with E-state index in [4.69, 9.17) is 5.73 Å². The van der Waals surface area contributed by atoms with Crippen LogP contribution in [0, 0.1) is 16.4 Å². The molecule has 2 N–H and O–H groups in total. The van der Waals surface area contributed by atoms with Gasteiger partial charge >= 0.3 is 0 Å². The van der Waals surface area contributed by atoms with E-state index in [2.05, 4.69) is 51.4 Å². The number of nitrogens with two attached hydrogens (primary N) is 1. The second-order valence-corrected chi connectivity index (χ2v) is 6.68. The van der Waals surface area contributed by atoms with Gasteiger partial charge in [-0.2, -0.15) is 0 Å². The lowest BCUT2D eigenvalue weighted by Gasteiger charge is -2.09. The summed E-state index contributed by atoms with van der Waals surface area (Å²) in [6.45, 7) is 6.31. The third-order valence-corrected chi connectivity index (χ3v) is 4.34. The molecule has 18 heavy (non-hydrogen) atoms. The summed E-state index contributed by atoms with van der Waals surface area (Å²) in [6, 6.07) is 0. The van der Waals surface area contributed by atoms with Crippen molar-refractivity contribution >= 4 is 39.7 Å². The van der Waals surface area contributed by atoms with E-state index >= 15 is 0 Å². The maximum Gasteiger partial charge on any atom is 0.181 e. The van der Waals surface area contributed by atoms with Gasteiger partial charge in [0.05, 0.1) is 14.3 Å². The van der Waals surface area contributed by atoms with E-state index in [9.17, 15) is 0 Å². The first-order chi connectivity index (χ1) is 8.47. The van der Waals surface area contributed by atoms with E-state index in [1.807, 2.05) is 12.3 Å². The van der Waals surface area contributed by atoms with Gasteiger partial charge in [-0.25, -0.2) is 15.0 Å². The number of rotatable bonds is 3. The Morgan fingerprint density at radius 2 is 2.06 bits per heavy atom. The Morgan fingerprint density at radius 3 is 2.61 bits per heavy atom. The molecule has 2 rings (SSSR count). The molecule has 0 bridgehead atoms. The van der Waals surface area contributed by atoms with Crippen LogP contribution in [0.4, 0.5) is 5.82 Å². The average Bonchev–Trinajstić information content (AvgIpc) is 2.70. The van der Waals surface area contributed by atoms with Crippen LogP contribution < -0.4 is 5.73 Å². The molecule has 0 aliphatic heterocycles. The molecule has 0 saturated heterocycles. The van der Waals surface area contributed by atoms with Crippen molar-refractivity contribution in [2.75, 3.05) is 5.73 Å². The van der Waals surface area contributed by atoms with Crippen molar-refractivity contribution in [3.8, 4) is 11.5 Å². The topological polar surface area (TPSA) is 64.7 Å². The maximum atomic E-state index is 5.96. The molecule has 0 aromatic carbocycles. The number of thiazole rings is 1. The summed E-state index contributed by atoms with van der Waals surface area (Å²) in [4.78, 5) is 13.3. The molecule has 96 valence electrons. The second kappa shape index (κ2) is 5.48. The summed E-state index contributed by atoms with van der Waals surface area (Å²) in [5, 5.41) is 2.98. The summed E-state index contributed by atoms with van der Waals surface area (Å²) in [5.74, 6) is 1.72. The monoisotopic (exact) mass is 374 g/mol. The van der Waals surface area contributed by atoms with Crippen molar-refractivity contribution in [3.05, 3.63) is 19.7 Å². The highest BCUT2D eigenvalue weighted by atomic mass is 127. The van der Waals surface area contributed by atoms with Gasteiger partial charge in [-0.3, -0.25) is 0 Å². The summed E-state index contributed by atoms with van der Waals surface area (Å²) in [5.41, 5.74) is 7.78. The van der Waals surface area contributed by atoms with Gasteiger partial charge in [0.25, 0.3) is 0 Å². The molecular weight excluding hydrogens is 359 g/mol. The first-order valence-corrected chi connectivity index (χ1v) is 7.67. The molecule has 0 spiro atoms. The van der Waals surface area contributed by atoms with Gasteiger partial charge in [-0.15, -0.1) is 11.3 Å². The van der Waals surface area contributed by atoms with Crippen molar-refractivity contribution in [1.82, 2.24) is 15.0 Å². The summed E-state index contributed by atoms with van der Waals surface area (Å²) in [6.07, 6.45) is 0.904. The predicted octanol–water partition coefficient (Wildman–Crippen LogP) is 3.29. The van der Waals surface area contributed by atoms with E-state index in [-0.39, 0.29) is 0 Å². The standard InChI is InChI=1S/C12H15IN4S/c1-6(2)4-8-10(13)11(14)17-12(16-8)9-5-18-7(3)15-9/h5-6H,4H2,1-3H3,(H2,14,16,17). The number of hydrogen-bond acceptors (Lipinski definition) is 5. The molecule has 0 aliphatic rings. The van der Waals surface area contributed by atoms with E-state index in [1.54, 1.807) is 11.3 Å². The molecule has 0 saturated carbocycles. The fraction of sp³-hybridized carbons (Fsp3) is 0.417. The van der Waals surface area contributed by atoms with Gasteiger partial charge in [0.15, 0.2) is 5.82 Å². The highest BCUT2D eigenvalue weighted by Crippen LogP contribution is 2.24. The normalized spacial score (nSPS) is 11.2. The first-order valence-electron chi connectivity index (χ1n) is 5.71. The summed E-state index contributed by atoms with van der Waals surface area (Å²) in [7, 11) is 0. The number of hydrogen-bond donors (Lipinski definition) is 1. The second-order valence-electron chi connectivity index (χ2n) is 4.54. The van der Waals surface area contributed by atoms with E-state index in [0.717, 1.165) is 26.4 Å². The van der Waals surface area contributed by atoms with Gasteiger partial charge in [0.2, 0.25) is 0 Å². The molecule has 2 aromatic heterocycles. The number of aromatic nitrogens is 3. The SMILES string of the molecule is Cc1nc(-c2nc(N)c(I)c(CC(C)C)n2)cs1. The van der Waals surface area contributed by atoms with Crippen molar-refractivity contribution in [2.45, 2.75) is 27.2 Å². The smallest absolute Gasteiger partial charge is 0.181 e. The Morgan fingerprint density at radius 1 is 1.33 bits per heavy atom. The third kappa shape index (κ3) is 2.97. The molecule has 0 atom stereocenters. The zero-order valence-electron chi connectivity index (χ0n) is 10.6. The van der Waals surface area contributed by atoms with E-state index in [1.165, 1.54) is 0 Å². The molecule has 0 fully saturated rings. The van der Waals surface area contributed by atoms with Crippen LogP contribution in [-0.4, -0.2) is 15.0 Å². The maximum absolute atomic E-state index is 5.96. The highest BCUT2D eigenvalue weighted by molar-refractivity contribution is 14.1. The lowest BCUT2D eigenvalue weighted by molar-refractivity contribution is 0.632. The van der Waals surface area contributed by atoms with Gasteiger partial charge in [-0.1, -0.05) is 13.8 Å². The highest BCUT2D eigenvalue weighted by Gasteiger charge is 2.14. The summed E-state index contributed by atoms with van der Waals surface area (Å²) >= 11 is 3.81. The Hall–Kier alpha value is -0.760. The van der Waals surface area contributed by atoms with Crippen LogP contribution in [0.25, 0.3) is 11.5 Å². The number of anilines is 1. The van der Waals surface area contributed by atoms with Crippen LogP contribution >= 0.6 is 33.9 Å². The molecule has 2 aromatic rings. The number of aryl methyl sites for hydroxylation is 1. The average molecular weight is 374 g/mol. The predicted molar refractivity (Wildman–Crippen MR) is 83.5 cm³/mol. The third-order valence-electron chi connectivity index (χ3n) is 2.40. The van der Waals surface area contributed by atoms with Gasteiger partial charge in [0.1, 0.15) is 11.5 Å². The van der Waals surface area contributed by atoms with Crippen molar-refractivity contribution in [1.29, 1.82) is 0 Å². The quantitative estimate of drug-likeness (QED) is 0.838. The van der Waals surface area contributed by atoms with Crippen LogP contribution in [-0.2, 0) is 6.42 Å². The van der Waals surface area contributed by atoms with E-state index in [0.29, 0.717) is 17.6 Å². The van der Waals surface area contributed by atoms with Crippen molar-refractivity contribution in [3.63, 3.8) is 0 Å². The van der Waals surface area contributed by atoms with Crippen molar-refractivity contribution in [2.24, 2.45) is 5.92 Å². The molecule has 6 heteroatoms. The lowest BCUT2D eigenvalue weighted by atomic mass is 10.1. The minimum absolute atomic E-state index is 0.540. The Balaban J connectivity index is 2.46. The Bertz CT molecular complexity index is 565. The fourth-order valence-corrected chi connectivity index (χ4v) is 2.67. The molecule has 0 aliphatic carbocycles. The van der Waals surface area contributed by atoms with E-state index < -0.39 is 0 Å². The number of nitrogens with zero attached hydrogens (tertiary/aromatic N) is 3. The van der Waals surface area contributed by atoms with Gasteiger partial charge in [-0.05, 0) is 41.9 Å². The van der Waals surface area contributed by atoms with Crippen LogP contribution in [0.1, 0.15) is 24.5 Å². The summed E-state index contributed by atoms with van der Waals surface area (Å²) < 4.78 is 0.956. The van der Waals surface area contributed by atoms with Gasteiger partial charge < -0.3 is 5.73 Å². The minimum atomic E-state index is 0.540. The zero-order chi connectivity index (χ0) is 13.3. The fourth-order valence-electron chi connectivity index (χ4n) is 1.62. The molecule has 2 heterocycles. The van der Waals surface area contributed by atoms with Crippen LogP contribution in [0.15, 0.2) is 5.38 Å². The number of nitrogen functional groups attached to an aromatic ring is 1. The zero-order valence-corrected chi connectivity index (χ0v) is 13.5. The molecule has 0 unspecified atom stereocenters. The number of halogens is 1. The minimum Gasteiger partial charge on any atom is -0.383 e. The molecule has 0 radical (unpaired) electrons. The largest absolute Gasteiger partial charge is 0.383 e. The lowest BCUT2D eigenvalue weighted by Crippen LogP contribution is -2.07. The molecule has 0 amide bonds. The Labute approximate surface area is 124 Å².